The van der Waals surface area contributed by atoms with E-state index in [4.69, 9.17) is 0 Å². The fourth-order valence-electron chi connectivity index (χ4n) is 4.97. The van der Waals surface area contributed by atoms with Crippen LogP contribution in [0.3, 0.4) is 0 Å². The van der Waals surface area contributed by atoms with Gasteiger partial charge in [0.05, 0.1) is 36.6 Å². The number of amides is 2. The normalized spacial score (nSPS) is 19.7. The van der Waals surface area contributed by atoms with Crippen molar-refractivity contribution in [3.05, 3.63) is 41.5 Å². The Bertz CT molecular complexity index is 1320. The van der Waals surface area contributed by atoms with Gasteiger partial charge in [0.15, 0.2) is 5.65 Å². The van der Waals surface area contributed by atoms with Gasteiger partial charge in [-0.15, -0.1) is 0 Å². The van der Waals surface area contributed by atoms with Crippen LogP contribution in [0.15, 0.2) is 40.2 Å². The van der Waals surface area contributed by atoms with Crippen molar-refractivity contribution in [2.75, 3.05) is 0 Å². The highest BCUT2D eigenvalue weighted by Crippen LogP contribution is 2.43. The maximum absolute atomic E-state index is 13.9. The molecule has 41 heavy (non-hydrogen) atoms. The van der Waals surface area contributed by atoms with E-state index in [2.05, 4.69) is 37.4 Å². The van der Waals surface area contributed by atoms with Gasteiger partial charge in [0.1, 0.15) is 6.34 Å². The fourth-order valence-corrected chi connectivity index (χ4v) is 4.97. The molecule has 2 aromatic rings. The predicted molar refractivity (Wildman–Crippen MR) is 141 cm³/mol. The summed E-state index contributed by atoms with van der Waals surface area (Å²) in [5.41, 5.74) is 1.69. The molecule has 9 nitrogen and oxygen atoms in total. The number of nitrogens with zero attached hydrogens (tertiary/aromatic N) is 5. The van der Waals surface area contributed by atoms with E-state index in [-0.39, 0.29) is 43.1 Å². The molecule has 2 atom stereocenters. The number of fused-ring (bicyclic) bond motifs is 1. The van der Waals surface area contributed by atoms with Crippen LogP contribution in [0.25, 0.3) is 5.65 Å². The summed E-state index contributed by atoms with van der Waals surface area (Å²) >= 11 is 0. The summed E-state index contributed by atoms with van der Waals surface area (Å²) < 4.78 is 67.0. The van der Waals surface area contributed by atoms with Crippen LogP contribution in [-0.4, -0.2) is 51.6 Å². The minimum Gasteiger partial charge on any atom is -0.349 e. The lowest BCUT2D eigenvalue weighted by Gasteiger charge is -2.33. The highest BCUT2D eigenvalue weighted by atomic mass is 19.4. The molecule has 0 aromatic carbocycles. The van der Waals surface area contributed by atoms with Crippen molar-refractivity contribution in [1.82, 2.24) is 25.2 Å². The average molecular weight is 582 g/mol. The Balaban J connectivity index is 1.58. The largest absolute Gasteiger partial charge is 0.389 e. The second-order valence-corrected chi connectivity index (χ2v) is 10.7. The third-order valence-electron chi connectivity index (χ3n) is 7.38. The van der Waals surface area contributed by atoms with E-state index in [9.17, 15) is 31.5 Å². The number of carbonyl (C=O) groups excluding carboxylic acids is 2. The van der Waals surface area contributed by atoms with Crippen molar-refractivity contribution >= 4 is 30.5 Å². The van der Waals surface area contributed by atoms with Gasteiger partial charge in [0, 0.05) is 31.0 Å². The van der Waals surface area contributed by atoms with Gasteiger partial charge >= 0.3 is 6.18 Å². The number of aromatic nitrogens is 3. The molecule has 2 saturated carbocycles. The van der Waals surface area contributed by atoms with E-state index >= 15 is 0 Å². The molecule has 2 heterocycles. The Morgan fingerprint density at radius 2 is 1.85 bits per heavy atom. The lowest BCUT2D eigenvalue weighted by molar-refractivity contribution is -0.144. The molecule has 0 aliphatic heterocycles. The highest BCUT2D eigenvalue weighted by Gasteiger charge is 2.40. The second kappa shape index (κ2) is 12.4. The summed E-state index contributed by atoms with van der Waals surface area (Å²) in [6.45, 7) is 4.83. The van der Waals surface area contributed by atoms with E-state index < -0.39 is 48.8 Å². The number of nitrogens with one attached hydrogen (secondary N) is 2. The van der Waals surface area contributed by atoms with E-state index in [1.54, 1.807) is 19.2 Å². The zero-order valence-electron chi connectivity index (χ0n) is 22.5. The first-order chi connectivity index (χ1) is 19.3. The van der Waals surface area contributed by atoms with Gasteiger partial charge < -0.3 is 10.6 Å². The number of hydrogen-bond acceptors (Lipinski definition) is 5. The molecule has 2 aliphatic rings. The third-order valence-corrected chi connectivity index (χ3v) is 7.38. The van der Waals surface area contributed by atoms with Crippen molar-refractivity contribution in [1.29, 1.82) is 0 Å². The summed E-state index contributed by atoms with van der Waals surface area (Å²) in [5, 5.41) is 10.0. The van der Waals surface area contributed by atoms with Gasteiger partial charge in [0.25, 0.3) is 0 Å². The molecule has 222 valence electrons. The van der Waals surface area contributed by atoms with Crippen molar-refractivity contribution in [3.8, 4) is 0 Å². The van der Waals surface area contributed by atoms with Crippen LogP contribution >= 0.6 is 0 Å². The maximum Gasteiger partial charge on any atom is 0.389 e. The molecule has 2 amide bonds. The number of carbonyl (C=O) groups is 2. The molecule has 2 aliphatic carbocycles. The van der Waals surface area contributed by atoms with Crippen molar-refractivity contribution in [3.63, 3.8) is 0 Å². The summed E-state index contributed by atoms with van der Waals surface area (Å²) in [6.07, 6.45) is 0.716. The van der Waals surface area contributed by atoms with E-state index in [1.165, 1.54) is 23.3 Å². The van der Waals surface area contributed by atoms with Crippen LogP contribution in [0, 0.1) is 11.8 Å². The van der Waals surface area contributed by atoms with Gasteiger partial charge in [0.2, 0.25) is 17.7 Å². The van der Waals surface area contributed by atoms with E-state index in [0.717, 1.165) is 12.8 Å². The minimum atomic E-state index is -4.43. The molecule has 2 N–H and O–H groups in total. The Kier molecular flexibility index (Phi) is 9.17. The van der Waals surface area contributed by atoms with Crippen LogP contribution in [0.4, 0.5) is 22.0 Å². The van der Waals surface area contributed by atoms with Crippen LogP contribution in [0.2, 0.25) is 0 Å². The third kappa shape index (κ3) is 8.40. The van der Waals surface area contributed by atoms with Gasteiger partial charge in [-0.25, -0.2) is 23.3 Å². The molecule has 2 aromatic heterocycles. The first-order valence-electron chi connectivity index (χ1n) is 13.4. The highest BCUT2D eigenvalue weighted by molar-refractivity contribution is 5.93. The van der Waals surface area contributed by atoms with Crippen LogP contribution in [0.5, 0.6) is 0 Å². The Hall–Kier alpha value is -3.71. The lowest BCUT2D eigenvalue weighted by atomic mass is 9.81. The molecule has 14 heteroatoms. The van der Waals surface area contributed by atoms with Crippen LogP contribution in [0.1, 0.15) is 81.6 Å². The summed E-state index contributed by atoms with van der Waals surface area (Å²) in [4.78, 5) is 37.2. The molecular formula is C27H32F5N7O2. The van der Waals surface area contributed by atoms with Gasteiger partial charge in [-0.1, -0.05) is 0 Å². The number of hydrogen-bond donors (Lipinski definition) is 2. The van der Waals surface area contributed by atoms with Crippen LogP contribution < -0.4 is 10.6 Å². The number of alkyl halides is 5. The Morgan fingerprint density at radius 3 is 2.49 bits per heavy atom. The van der Waals surface area contributed by atoms with Crippen molar-refractivity contribution in [2.24, 2.45) is 21.8 Å². The fraction of sp³-hybridized carbons (Fsp3) is 0.556. The van der Waals surface area contributed by atoms with Gasteiger partial charge in [-0.3, -0.25) is 14.6 Å². The number of halogens is 5. The van der Waals surface area contributed by atoms with E-state index in [1.807, 2.05) is 0 Å². The number of imidazole rings is 1. The quantitative estimate of drug-likeness (QED) is 0.163. The SMILES string of the molecule is C=N/C=N\C=C(/C)C(=O)N[C@H](c1cn2ncc([C@H](NC(=O)CCC(F)(F)F)C3CC3)cc2n1)C1CCC(F)(F)CC1. The van der Waals surface area contributed by atoms with Gasteiger partial charge in [-0.05, 0) is 62.8 Å². The molecular weight excluding hydrogens is 549 g/mol. The molecule has 0 unspecified atom stereocenters. The monoisotopic (exact) mass is 581 g/mol. The second-order valence-electron chi connectivity index (χ2n) is 10.7. The minimum absolute atomic E-state index is 0.0770. The topological polar surface area (TPSA) is 113 Å². The summed E-state index contributed by atoms with van der Waals surface area (Å²) in [7, 11) is 0. The molecule has 0 bridgehead atoms. The molecule has 2 fully saturated rings. The number of rotatable bonds is 11. The Morgan fingerprint density at radius 1 is 1.17 bits per heavy atom. The van der Waals surface area contributed by atoms with E-state index in [0.29, 0.717) is 16.9 Å². The smallest absolute Gasteiger partial charge is 0.349 e. The molecule has 0 radical (unpaired) electrons. The molecule has 0 spiro atoms. The zero-order valence-corrected chi connectivity index (χ0v) is 22.5. The van der Waals surface area contributed by atoms with Gasteiger partial charge in [-0.2, -0.15) is 18.3 Å². The summed E-state index contributed by atoms with van der Waals surface area (Å²) in [6, 6.07) is 0.498. The summed E-state index contributed by atoms with van der Waals surface area (Å²) in [5.74, 6) is -4.13. The Labute approximate surface area is 233 Å². The molecule has 4 rings (SSSR count). The lowest BCUT2D eigenvalue weighted by Crippen LogP contribution is -2.37. The van der Waals surface area contributed by atoms with Crippen molar-refractivity contribution in [2.45, 2.75) is 82.5 Å². The average Bonchev–Trinajstić information content (AvgIpc) is 3.66. The first kappa shape index (κ1) is 30.3. The van der Waals surface area contributed by atoms with Crippen LogP contribution in [-0.2, 0) is 9.59 Å². The zero-order chi connectivity index (χ0) is 29.8. The first-order valence-corrected chi connectivity index (χ1v) is 13.4. The predicted octanol–water partition coefficient (Wildman–Crippen LogP) is 5.25. The standard InChI is InChI=1S/C27H32F5N7O2/c1-16(12-34-15-33-2)25(41)38-24(18-5-8-26(28,29)9-6-18)20-14-39-21(36-20)11-19(13-35-39)23(17-3-4-17)37-22(40)7-10-27(30,31)32/h11-15,17-18,23-24H,2-10H2,1H3,(H,37,40)(H,38,41)/b16-12+,34-15-/t23-,24+/m1/s1. The number of aliphatic imine (C=N–C) groups is 2. The molecule has 0 saturated heterocycles. The maximum atomic E-state index is 13.9. The van der Waals surface area contributed by atoms with Crippen molar-refractivity contribution < 1.29 is 31.5 Å².